The molecule has 39 heavy (non-hydrogen) atoms. The average Bonchev–Trinajstić information content (AvgIpc) is 3.74. The third kappa shape index (κ3) is 8.76. The van der Waals surface area contributed by atoms with Gasteiger partial charge in [0.05, 0.1) is 25.5 Å². The minimum Gasteiger partial charge on any atom is -0.478 e. The van der Waals surface area contributed by atoms with Crippen molar-refractivity contribution in [3.8, 4) is 0 Å². The third-order valence-electron chi connectivity index (χ3n) is 5.80. The van der Waals surface area contributed by atoms with Crippen LogP contribution in [0.25, 0.3) is 21.5 Å². The Bertz CT molecular complexity index is 1400. The normalized spacial score (nSPS) is 13.8. The van der Waals surface area contributed by atoms with Crippen LogP contribution in [0.4, 0.5) is 0 Å². The molecule has 4 rings (SSSR count). The number of fused-ring (bicyclic) bond motifs is 2. The fourth-order valence-corrected chi connectivity index (χ4v) is 3.60. The van der Waals surface area contributed by atoms with Crippen molar-refractivity contribution in [2.45, 2.75) is 32.3 Å². The van der Waals surface area contributed by atoms with Crippen LogP contribution < -0.4 is 0 Å². The van der Waals surface area contributed by atoms with Crippen LogP contribution in [0.15, 0.2) is 96.2 Å². The molecule has 0 spiro atoms. The van der Waals surface area contributed by atoms with Gasteiger partial charge in [-0.1, -0.05) is 73.4 Å². The molecule has 1 saturated heterocycles. The molecule has 0 radical (unpaired) electrons. The van der Waals surface area contributed by atoms with Gasteiger partial charge in [0, 0.05) is 28.7 Å². The van der Waals surface area contributed by atoms with Crippen molar-refractivity contribution in [3.05, 3.63) is 96.6 Å². The maximum absolute atomic E-state index is 11.4. The van der Waals surface area contributed by atoms with E-state index in [0.717, 1.165) is 27.1 Å². The topological polar surface area (TPSA) is 115 Å². The Balaban J connectivity index is 0.000000224. The highest BCUT2D eigenvalue weighted by Gasteiger charge is 2.25. The lowest BCUT2D eigenvalue weighted by Gasteiger charge is -2.07. The lowest BCUT2D eigenvalue weighted by molar-refractivity contribution is -0.140. The first-order valence-electron chi connectivity index (χ1n) is 12.4. The fraction of sp³-hybridized carbons (Fsp3) is 0.226. The molecule has 0 bridgehead atoms. The van der Waals surface area contributed by atoms with Gasteiger partial charge in [0.15, 0.2) is 0 Å². The van der Waals surface area contributed by atoms with Crippen molar-refractivity contribution >= 4 is 45.7 Å². The van der Waals surface area contributed by atoms with E-state index in [1.807, 2.05) is 36.4 Å². The molecule has 1 aliphatic rings. The smallest absolute Gasteiger partial charge is 0.360 e. The summed E-state index contributed by atoms with van der Waals surface area (Å²) in [7, 11) is 0. The lowest BCUT2D eigenvalue weighted by Crippen LogP contribution is -2.10. The number of oxime groups is 1. The summed E-state index contributed by atoms with van der Waals surface area (Å²) in [5, 5.41) is 16.7. The van der Waals surface area contributed by atoms with Crippen LogP contribution in [0.5, 0.6) is 0 Å². The standard InChI is InChI=1S/C19H15NO2.C12H16O5/c1-13(2)19(21)22-20-12-18-16-9-5-3-7-14(16)11-15-8-4-6-10-17(15)18;1-8(11(13)14)4-3-5-16-12(15)9(2)6-10-7-17-10/h3-12H,1H2,2H3;10H,1-7H2,(H,13,14). The highest BCUT2D eigenvalue weighted by Crippen LogP contribution is 2.27. The number of nitrogens with zero attached hydrogens (tertiary/aromatic N) is 1. The molecule has 1 N–H and O–H groups in total. The molecule has 0 aromatic heterocycles. The fourth-order valence-electron chi connectivity index (χ4n) is 3.60. The second kappa shape index (κ2) is 13.8. The second-order valence-corrected chi connectivity index (χ2v) is 9.04. The molecule has 202 valence electrons. The van der Waals surface area contributed by atoms with Gasteiger partial charge in [-0.2, -0.15) is 0 Å². The maximum Gasteiger partial charge on any atom is 0.360 e. The van der Waals surface area contributed by atoms with Gasteiger partial charge in [-0.3, -0.25) is 0 Å². The molecule has 0 saturated carbocycles. The maximum atomic E-state index is 11.4. The van der Waals surface area contributed by atoms with Crippen molar-refractivity contribution in [2.24, 2.45) is 5.16 Å². The molecule has 1 aliphatic heterocycles. The van der Waals surface area contributed by atoms with Crippen molar-refractivity contribution in [3.63, 3.8) is 0 Å². The number of aliphatic carboxylic acids is 1. The Morgan fingerprint density at radius 3 is 2.13 bits per heavy atom. The first-order chi connectivity index (χ1) is 18.7. The quantitative estimate of drug-likeness (QED) is 0.0492. The first kappa shape index (κ1) is 29.0. The van der Waals surface area contributed by atoms with Gasteiger partial charge < -0.3 is 19.4 Å². The largest absolute Gasteiger partial charge is 0.478 e. The van der Waals surface area contributed by atoms with Crippen LogP contribution in [-0.4, -0.2) is 48.5 Å². The Hall–Kier alpha value is -4.56. The van der Waals surface area contributed by atoms with E-state index in [1.54, 1.807) is 13.1 Å². The van der Waals surface area contributed by atoms with Gasteiger partial charge in [-0.25, -0.2) is 14.4 Å². The zero-order valence-electron chi connectivity index (χ0n) is 21.9. The van der Waals surface area contributed by atoms with Crippen LogP contribution in [0.2, 0.25) is 0 Å². The summed E-state index contributed by atoms with van der Waals surface area (Å²) in [6, 6.07) is 18.3. The monoisotopic (exact) mass is 529 g/mol. The number of rotatable bonds is 11. The van der Waals surface area contributed by atoms with Gasteiger partial charge in [-0.05, 0) is 47.4 Å². The lowest BCUT2D eigenvalue weighted by atomic mass is 9.97. The van der Waals surface area contributed by atoms with Crippen molar-refractivity contribution < 1.29 is 33.8 Å². The SMILES string of the molecule is C=C(C)C(=O)ON=Cc1c2ccccc2cc2ccccc12.C=C(CCCOC(=O)C(=C)CC1CO1)C(=O)O. The van der Waals surface area contributed by atoms with Crippen LogP contribution in [0, 0.1) is 0 Å². The average molecular weight is 530 g/mol. The number of ether oxygens (including phenoxy) is 2. The molecule has 8 nitrogen and oxygen atoms in total. The van der Waals surface area contributed by atoms with Gasteiger partial charge in [0.1, 0.15) is 0 Å². The van der Waals surface area contributed by atoms with Crippen LogP contribution in [0.1, 0.15) is 31.7 Å². The number of carboxylic acid groups (broad SMARTS) is 1. The van der Waals surface area contributed by atoms with Gasteiger partial charge >= 0.3 is 17.9 Å². The molecule has 3 aromatic rings. The number of hydrogen-bond acceptors (Lipinski definition) is 7. The van der Waals surface area contributed by atoms with Crippen molar-refractivity contribution in [1.82, 2.24) is 0 Å². The summed E-state index contributed by atoms with van der Waals surface area (Å²) in [5.41, 5.74) is 1.76. The Kier molecular flexibility index (Phi) is 10.3. The van der Waals surface area contributed by atoms with E-state index in [1.165, 1.54) is 0 Å². The van der Waals surface area contributed by atoms with E-state index >= 15 is 0 Å². The summed E-state index contributed by atoms with van der Waals surface area (Å²) in [6.07, 6.45) is 2.96. The number of carboxylic acids is 1. The summed E-state index contributed by atoms with van der Waals surface area (Å²) in [5.74, 6) is -1.99. The predicted molar refractivity (Wildman–Crippen MR) is 150 cm³/mol. The van der Waals surface area contributed by atoms with Crippen molar-refractivity contribution in [1.29, 1.82) is 0 Å². The van der Waals surface area contributed by atoms with E-state index in [2.05, 4.69) is 43.1 Å². The van der Waals surface area contributed by atoms with E-state index in [9.17, 15) is 14.4 Å². The number of epoxide rings is 1. The molecule has 1 atom stereocenters. The number of carbonyl (C=O) groups is 3. The third-order valence-corrected chi connectivity index (χ3v) is 5.80. The highest BCUT2D eigenvalue weighted by molar-refractivity contribution is 6.13. The van der Waals surface area contributed by atoms with Gasteiger partial charge in [0.2, 0.25) is 0 Å². The number of carbonyl (C=O) groups excluding carboxylic acids is 2. The number of benzene rings is 3. The molecular formula is C31H31NO7. The van der Waals surface area contributed by atoms with Crippen LogP contribution in [0.3, 0.4) is 0 Å². The Morgan fingerprint density at radius 2 is 1.59 bits per heavy atom. The molecule has 1 fully saturated rings. The summed E-state index contributed by atoms with van der Waals surface area (Å²) >= 11 is 0. The number of esters is 1. The van der Waals surface area contributed by atoms with Crippen LogP contribution >= 0.6 is 0 Å². The van der Waals surface area contributed by atoms with Crippen LogP contribution in [-0.2, 0) is 28.7 Å². The minimum atomic E-state index is -1.02. The summed E-state index contributed by atoms with van der Waals surface area (Å²) in [4.78, 5) is 38.1. The van der Waals surface area contributed by atoms with Gasteiger partial charge in [0.25, 0.3) is 0 Å². The zero-order chi connectivity index (χ0) is 28.4. The van der Waals surface area contributed by atoms with E-state index in [0.29, 0.717) is 37.0 Å². The van der Waals surface area contributed by atoms with Crippen molar-refractivity contribution in [2.75, 3.05) is 13.2 Å². The minimum absolute atomic E-state index is 0.113. The molecule has 0 aliphatic carbocycles. The molecule has 0 amide bonds. The second-order valence-electron chi connectivity index (χ2n) is 9.04. The Morgan fingerprint density at radius 1 is 1.00 bits per heavy atom. The number of hydrogen-bond donors (Lipinski definition) is 1. The van der Waals surface area contributed by atoms with E-state index in [-0.39, 0.29) is 18.3 Å². The Labute approximate surface area is 226 Å². The van der Waals surface area contributed by atoms with E-state index in [4.69, 9.17) is 19.4 Å². The predicted octanol–water partition coefficient (Wildman–Crippen LogP) is 5.74. The molecule has 8 heteroatoms. The summed E-state index contributed by atoms with van der Waals surface area (Å²) < 4.78 is 9.90. The zero-order valence-corrected chi connectivity index (χ0v) is 21.9. The van der Waals surface area contributed by atoms with E-state index < -0.39 is 17.9 Å². The molecule has 3 aromatic carbocycles. The molecule has 1 heterocycles. The summed E-state index contributed by atoms with van der Waals surface area (Å²) in [6.45, 7) is 13.0. The highest BCUT2D eigenvalue weighted by atomic mass is 16.7. The first-order valence-corrected chi connectivity index (χ1v) is 12.4. The molecular weight excluding hydrogens is 498 g/mol. The molecule has 1 unspecified atom stereocenters. The van der Waals surface area contributed by atoms with Gasteiger partial charge in [-0.15, -0.1) is 0 Å².